The number of halogens is 1. The van der Waals surface area contributed by atoms with Gasteiger partial charge in [0.2, 0.25) is 0 Å². The van der Waals surface area contributed by atoms with Gasteiger partial charge < -0.3 is 4.90 Å². The molecule has 1 aliphatic rings. The molecule has 0 atom stereocenters. The molecular formula is C14H22ClN3O2. The minimum atomic E-state index is -0.402. The van der Waals surface area contributed by atoms with E-state index in [0.717, 1.165) is 32.5 Å². The quantitative estimate of drug-likeness (QED) is 0.812. The summed E-state index contributed by atoms with van der Waals surface area (Å²) >= 11 is 5.95. The normalized spacial score (nSPS) is 15.9. The summed E-state index contributed by atoms with van der Waals surface area (Å²) in [5.74, 6) is 0. The average Bonchev–Trinajstić information content (AvgIpc) is 2.91. The largest absolute Gasteiger partial charge is 0.329 e. The maximum Gasteiger partial charge on any atom is 0.329 e. The fraction of sp³-hybridized carbons (Fsp3) is 0.714. The number of aromatic amines is 1. The summed E-state index contributed by atoms with van der Waals surface area (Å²) in [6.45, 7) is 5.65. The van der Waals surface area contributed by atoms with Crippen molar-refractivity contribution in [3.63, 3.8) is 0 Å². The Hall–Kier alpha value is -1.07. The zero-order valence-corrected chi connectivity index (χ0v) is 12.7. The molecule has 2 heterocycles. The van der Waals surface area contributed by atoms with Crippen LogP contribution in [-0.4, -0.2) is 34.1 Å². The number of aromatic nitrogens is 2. The number of nitrogens with one attached hydrogen (secondary N) is 1. The first-order valence-electron chi connectivity index (χ1n) is 7.37. The van der Waals surface area contributed by atoms with Crippen molar-refractivity contribution >= 4 is 11.6 Å². The van der Waals surface area contributed by atoms with E-state index >= 15 is 0 Å². The molecule has 1 N–H and O–H groups in total. The minimum Gasteiger partial charge on any atom is -0.303 e. The molecule has 1 aliphatic heterocycles. The van der Waals surface area contributed by atoms with Crippen LogP contribution in [0.4, 0.5) is 0 Å². The predicted molar refractivity (Wildman–Crippen MR) is 80.6 cm³/mol. The maximum absolute atomic E-state index is 12.3. The van der Waals surface area contributed by atoms with E-state index in [0.29, 0.717) is 18.5 Å². The molecule has 0 radical (unpaired) electrons. The number of hydrogen-bond acceptors (Lipinski definition) is 3. The van der Waals surface area contributed by atoms with Crippen LogP contribution in [0.15, 0.2) is 9.59 Å². The molecule has 0 amide bonds. The molecule has 0 bridgehead atoms. The molecule has 1 aromatic heterocycles. The highest BCUT2D eigenvalue weighted by molar-refractivity contribution is 6.30. The summed E-state index contributed by atoms with van der Waals surface area (Å²) in [6, 6.07) is 0. The molecular weight excluding hydrogens is 278 g/mol. The van der Waals surface area contributed by atoms with Gasteiger partial charge in [0.05, 0.1) is 5.56 Å². The molecule has 20 heavy (non-hydrogen) atoms. The Morgan fingerprint density at radius 2 is 1.90 bits per heavy atom. The lowest BCUT2D eigenvalue weighted by Crippen LogP contribution is -2.38. The van der Waals surface area contributed by atoms with Crippen LogP contribution in [0.3, 0.4) is 0 Å². The van der Waals surface area contributed by atoms with Crippen LogP contribution in [0.25, 0.3) is 0 Å². The van der Waals surface area contributed by atoms with Crippen LogP contribution in [-0.2, 0) is 13.0 Å². The van der Waals surface area contributed by atoms with Gasteiger partial charge in [-0.1, -0.05) is 24.9 Å². The van der Waals surface area contributed by atoms with Crippen molar-refractivity contribution in [3.8, 4) is 0 Å². The number of H-pyrrole nitrogens is 1. The first kappa shape index (κ1) is 15.3. The molecule has 6 heteroatoms. The smallest absolute Gasteiger partial charge is 0.303 e. The fourth-order valence-corrected chi connectivity index (χ4v) is 2.97. The molecule has 5 nitrogen and oxygen atoms in total. The van der Waals surface area contributed by atoms with Crippen LogP contribution in [0.2, 0.25) is 5.15 Å². The van der Waals surface area contributed by atoms with Gasteiger partial charge in [-0.2, -0.15) is 0 Å². The van der Waals surface area contributed by atoms with Gasteiger partial charge in [0.25, 0.3) is 5.56 Å². The topological polar surface area (TPSA) is 58.1 Å². The first-order valence-corrected chi connectivity index (χ1v) is 7.75. The van der Waals surface area contributed by atoms with Gasteiger partial charge in [-0.25, -0.2) is 4.79 Å². The molecule has 1 fully saturated rings. The van der Waals surface area contributed by atoms with Crippen LogP contribution in [0.1, 0.15) is 38.2 Å². The summed E-state index contributed by atoms with van der Waals surface area (Å²) in [4.78, 5) is 29.1. The number of nitrogens with zero attached hydrogens (tertiary/aromatic N) is 2. The van der Waals surface area contributed by atoms with Crippen molar-refractivity contribution in [2.24, 2.45) is 0 Å². The molecule has 2 rings (SSSR count). The third kappa shape index (κ3) is 3.52. The van der Waals surface area contributed by atoms with Gasteiger partial charge >= 0.3 is 5.69 Å². The average molecular weight is 300 g/mol. The Morgan fingerprint density at radius 3 is 2.55 bits per heavy atom. The van der Waals surface area contributed by atoms with Gasteiger partial charge in [0, 0.05) is 6.54 Å². The van der Waals surface area contributed by atoms with Crippen LogP contribution in [0, 0.1) is 0 Å². The highest BCUT2D eigenvalue weighted by Gasteiger charge is 2.14. The lowest BCUT2D eigenvalue weighted by molar-refractivity contribution is 0.323. The number of rotatable bonds is 6. The molecule has 0 spiro atoms. The second-order valence-corrected chi connectivity index (χ2v) is 5.71. The number of hydrogen-bond donors (Lipinski definition) is 1. The van der Waals surface area contributed by atoms with E-state index in [1.165, 1.54) is 17.4 Å². The summed E-state index contributed by atoms with van der Waals surface area (Å²) in [7, 11) is 0. The third-order valence-corrected chi connectivity index (χ3v) is 4.11. The predicted octanol–water partition coefficient (Wildman–Crippen LogP) is 1.63. The van der Waals surface area contributed by atoms with Crippen LogP contribution >= 0.6 is 11.6 Å². The third-order valence-electron chi connectivity index (χ3n) is 3.78. The van der Waals surface area contributed by atoms with Gasteiger partial charge in [0.15, 0.2) is 0 Å². The molecule has 0 aromatic carbocycles. The van der Waals surface area contributed by atoms with Gasteiger partial charge in [0.1, 0.15) is 5.15 Å². The lowest BCUT2D eigenvalue weighted by atomic mass is 10.2. The van der Waals surface area contributed by atoms with Crippen molar-refractivity contribution < 1.29 is 0 Å². The maximum atomic E-state index is 12.3. The van der Waals surface area contributed by atoms with E-state index in [9.17, 15) is 9.59 Å². The van der Waals surface area contributed by atoms with E-state index in [1.807, 2.05) is 6.92 Å². The zero-order valence-electron chi connectivity index (χ0n) is 12.0. The van der Waals surface area contributed by atoms with E-state index < -0.39 is 5.69 Å². The summed E-state index contributed by atoms with van der Waals surface area (Å²) in [5.41, 5.74) is -0.113. The Morgan fingerprint density at radius 1 is 1.20 bits per heavy atom. The zero-order chi connectivity index (χ0) is 14.5. The van der Waals surface area contributed by atoms with Gasteiger partial charge in [-0.05, 0) is 45.3 Å². The van der Waals surface area contributed by atoms with Crippen molar-refractivity contribution in [3.05, 3.63) is 31.6 Å². The highest BCUT2D eigenvalue weighted by Crippen LogP contribution is 2.09. The van der Waals surface area contributed by atoms with Gasteiger partial charge in [-0.3, -0.25) is 14.3 Å². The van der Waals surface area contributed by atoms with E-state index in [-0.39, 0.29) is 10.7 Å². The van der Waals surface area contributed by atoms with Gasteiger partial charge in [-0.15, -0.1) is 0 Å². The second kappa shape index (κ2) is 7.09. The first-order chi connectivity index (χ1) is 9.63. The summed E-state index contributed by atoms with van der Waals surface area (Å²) in [6.07, 6.45) is 4.75. The Labute approximate surface area is 123 Å². The van der Waals surface area contributed by atoms with Crippen molar-refractivity contribution in [2.45, 2.75) is 45.6 Å². The standard InChI is InChI=1S/C14H22ClN3O2/c1-2-6-11-12(15)16-14(20)18(13(11)19)10-5-9-17-7-3-4-8-17/h2-10H2,1H3,(H,16,20). The van der Waals surface area contributed by atoms with E-state index in [1.54, 1.807) is 0 Å². The van der Waals surface area contributed by atoms with Crippen LogP contribution in [0.5, 0.6) is 0 Å². The molecule has 0 saturated carbocycles. The Balaban J connectivity index is 2.08. The monoisotopic (exact) mass is 299 g/mol. The summed E-state index contributed by atoms with van der Waals surface area (Å²) < 4.78 is 1.28. The summed E-state index contributed by atoms with van der Waals surface area (Å²) in [5, 5.41) is 0.192. The van der Waals surface area contributed by atoms with Crippen LogP contribution < -0.4 is 11.2 Å². The van der Waals surface area contributed by atoms with Crippen molar-refractivity contribution in [1.82, 2.24) is 14.5 Å². The highest BCUT2D eigenvalue weighted by atomic mass is 35.5. The van der Waals surface area contributed by atoms with E-state index in [4.69, 9.17) is 11.6 Å². The molecule has 0 aliphatic carbocycles. The number of likely N-dealkylation sites (tertiary alicyclic amines) is 1. The SMILES string of the molecule is CCCc1c(Cl)[nH]c(=O)n(CCCN2CCCC2)c1=O. The molecule has 112 valence electrons. The van der Waals surface area contributed by atoms with Crippen molar-refractivity contribution in [2.75, 3.05) is 19.6 Å². The lowest BCUT2D eigenvalue weighted by Gasteiger charge is -2.14. The van der Waals surface area contributed by atoms with Crippen molar-refractivity contribution in [1.29, 1.82) is 0 Å². The second-order valence-electron chi connectivity index (χ2n) is 5.33. The fourth-order valence-electron chi connectivity index (χ4n) is 2.71. The molecule has 0 unspecified atom stereocenters. The Kier molecular flexibility index (Phi) is 5.43. The molecule has 1 saturated heterocycles. The molecule has 1 aromatic rings. The Bertz CT molecular complexity index is 559. The minimum absolute atomic E-state index is 0.192. The van der Waals surface area contributed by atoms with E-state index in [2.05, 4.69) is 9.88 Å².